The topological polar surface area (TPSA) is 72.2 Å². The van der Waals surface area contributed by atoms with Crippen LogP contribution in [-0.4, -0.2) is 11.8 Å². The van der Waals surface area contributed by atoms with E-state index >= 15 is 0 Å². The van der Waals surface area contributed by atoms with Crippen LogP contribution in [0, 0.1) is 13.8 Å². The number of nitrogens with one attached hydrogen (secondary N) is 1. The molecule has 4 nitrogen and oxygen atoms in total. The number of anilines is 1. The zero-order chi connectivity index (χ0) is 15.4. The van der Waals surface area contributed by atoms with Gasteiger partial charge < -0.3 is 11.1 Å². The van der Waals surface area contributed by atoms with E-state index in [1.165, 1.54) is 5.56 Å². The number of hydrogen-bond acceptors (Lipinski definition) is 2. The molecule has 2 rings (SSSR count). The molecule has 4 heteroatoms. The molecular weight excluding hydrogens is 264 g/mol. The molecule has 2 amide bonds. The average Bonchev–Trinajstić information content (AvgIpc) is 2.43. The zero-order valence-corrected chi connectivity index (χ0v) is 12.1. The van der Waals surface area contributed by atoms with E-state index in [4.69, 9.17) is 5.73 Å². The first-order valence-electron chi connectivity index (χ1n) is 6.72. The molecule has 0 unspecified atom stereocenters. The molecule has 0 bridgehead atoms. The number of hydrogen-bond donors (Lipinski definition) is 2. The monoisotopic (exact) mass is 282 g/mol. The van der Waals surface area contributed by atoms with Crippen molar-refractivity contribution in [2.75, 3.05) is 5.32 Å². The molecule has 0 atom stereocenters. The Bertz CT molecular complexity index is 693. The van der Waals surface area contributed by atoms with Crippen LogP contribution in [0.2, 0.25) is 0 Å². The Morgan fingerprint density at radius 3 is 2.43 bits per heavy atom. The van der Waals surface area contributed by atoms with Crippen LogP contribution >= 0.6 is 0 Å². The number of aryl methyl sites for hydroxylation is 2. The van der Waals surface area contributed by atoms with Gasteiger partial charge in [-0.3, -0.25) is 9.59 Å². The third-order valence-electron chi connectivity index (χ3n) is 3.40. The van der Waals surface area contributed by atoms with Crippen molar-refractivity contribution in [1.82, 2.24) is 0 Å². The Morgan fingerprint density at radius 2 is 1.76 bits per heavy atom. The summed E-state index contributed by atoms with van der Waals surface area (Å²) < 4.78 is 0. The van der Waals surface area contributed by atoms with Crippen LogP contribution in [0.4, 0.5) is 5.69 Å². The van der Waals surface area contributed by atoms with E-state index in [1.807, 2.05) is 32.0 Å². The number of nitrogens with two attached hydrogens (primary N) is 1. The van der Waals surface area contributed by atoms with Crippen LogP contribution < -0.4 is 11.1 Å². The van der Waals surface area contributed by atoms with Crippen LogP contribution in [-0.2, 0) is 11.2 Å². The highest BCUT2D eigenvalue weighted by Crippen LogP contribution is 2.15. The molecule has 108 valence electrons. The summed E-state index contributed by atoms with van der Waals surface area (Å²) in [5.41, 5.74) is 9.32. The lowest BCUT2D eigenvalue weighted by Gasteiger charge is -2.09. The largest absolute Gasteiger partial charge is 0.366 e. The number of primary amides is 1. The van der Waals surface area contributed by atoms with Crippen molar-refractivity contribution >= 4 is 17.5 Å². The van der Waals surface area contributed by atoms with Gasteiger partial charge in [0.1, 0.15) is 0 Å². The van der Waals surface area contributed by atoms with Gasteiger partial charge in [-0.05, 0) is 42.7 Å². The van der Waals surface area contributed by atoms with Crippen LogP contribution in [0.1, 0.15) is 27.0 Å². The first-order chi connectivity index (χ1) is 9.97. The number of benzene rings is 2. The maximum absolute atomic E-state index is 12.1. The summed E-state index contributed by atoms with van der Waals surface area (Å²) in [5, 5.41) is 2.73. The van der Waals surface area contributed by atoms with E-state index in [1.54, 1.807) is 24.3 Å². The Kier molecular flexibility index (Phi) is 4.38. The Hall–Kier alpha value is -2.62. The first-order valence-corrected chi connectivity index (χ1v) is 6.72. The molecule has 3 N–H and O–H groups in total. The second-order valence-electron chi connectivity index (χ2n) is 5.05. The highest BCUT2D eigenvalue weighted by molar-refractivity contribution is 6.03. The Balaban J connectivity index is 2.12. The van der Waals surface area contributed by atoms with E-state index in [0.717, 1.165) is 11.1 Å². The second-order valence-corrected chi connectivity index (χ2v) is 5.05. The van der Waals surface area contributed by atoms with Crippen molar-refractivity contribution in [3.05, 3.63) is 64.7 Å². The molecule has 0 saturated carbocycles. The summed E-state index contributed by atoms with van der Waals surface area (Å²) in [6.07, 6.45) is 0.258. The second kappa shape index (κ2) is 6.22. The molecule has 2 aromatic carbocycles. The zero-order valence-electron chi connectivity index (χ0n) is 12.1. The summed E-state index contributed by atoms with van der Waals surface area (Å²) in [7, 11) is 0. The predicted molar refractivity (Wildman–Crippen MR) is 83.2 cm³/mol. The number of para-hydroxylation sites is 1. The van der Waals surface area contributed by atoms with Crippen molar-refractivity contribution in [2.45, 2.75) is 20.3 Å². The summed E-state index contributed by atoms with van der Waals surface area (Å²) in [6.45, 7) is 4.04. The van der Waals surface area contributed by atoms with Crippen LogP contribution in [0.25, 0.3) is 0 Å². The van der Waals surface area contributed by atoms with Gasteiger partial charge in [-0.1, -0.05) is 30.3 Å². The number of carbonyl (C=O) groups excluding carboxylic acids is 2. The van der Waals surface area contributed by atoms with Crippen molar-refractivity contribution < 1.29 is 9.59 Å². The summed E-state index contributed by atoms with van der Waals surface area (Å²) in [6, 6.07) is 12.6. The van der Waals surface area contributed by atoms with E-state index in [-0.39, 0.29) is 12.3 Å². The lowest BCUT2D eigenvalue weighted by molar-refractivity contribution is -0.115. The van der Waals surface area contributed by atoms with Gasteiger partial charge in [-0.15, -0.1) is 0 Å². The molecule has 0 saturated heterocycles. The van der Waals surface area contributed by atoms with E-state index in [0.29, 0.717) is 11.3 Å². The minimum Gasteiger partial charge on any atom is -0.366 e. The van der Waals surface area contributed by atoms with Crippen molar-refractivity contribution in [1.29, 1.82) is 0 Å². The van der Waals surface area contributed by atoms with E-state index in [2.05, 4.69) is 5.32 Å². The van der Waals surface area contributed by atoms with Gasteiger partial charge in [0.05, 0.1) is 17.7 Å². The van der Waals surface area contributed by atoms with E-state index < -0.39 is 5.91 Å². The lowest BCUT2D eigenvalue weighted by Crippen LogP contribution is -2.19. The lowest BCUT2D eigenvalue weighted by atomic mass is 10.0. The molecule has 0 radical (unpaired) electrons. The summed E-state index contributed by atoms with van der Waals surface area (Å²) >= 11 is 0. The van der Waals surface area contributed by atoms with Gasteiger partial charge in [0, 0.05) is 0 Å². The highest BCUT2D eigenvalue weighted by Gasteiger charge is 2.11. The predicted octanol–water partition coefficient (Wildman–Crippen LogP) is 2.58. The molecule has 0 heterocycles. The molecule has 2 aromatic rings. The number of carbonyl (C=O) groups is 2. The fourth-order valence-corrected chi connectivity index (χ4v) is 2.10. The molecule has 0 spiro atoms. The van der Waals surface area contributed by atoms with Gasteiger partial charge in [0.25, 0.3) is 5.91 Å². The minimum absolute atomic E-state index is 0.174. The number of rotatable bonds is 4. The molecule has 0 aliphatic carbocycles. The van der Waals surface area contributed by atoms with E-state index in [9.17, 15) is 9.59 Å². The summed E-state index contributed by atoms with van der Waals surface area (Å²) in [5.74, 6) is -0.732. The maximum atomic E-state index is 12.1. The van der Waals surface area contributed by atoms with Gasteiger partial charge >= 0.3 is 0 Å². The number of amides is 2. The molecule has 0 aliphatic rings. The van der Waals surface area contributed by atoms with Crippen LogP contribution in [0.3, 0.4) is 0 Å². The van der Waals surface area contributed by atoms with Crippen molar-refractivity contribution in [3.8, 4) is 0 Å². The van der Waals surface area contributed by atoms with Gasteiger partial charge in [-0.2, -0.15) is 0 Å². The van der Waals surface area contributed by atoms with Crippen LogP contribution in [0.5, 0.6) is 0 Å². The minimum atomic E-state index is -0.558. The normalized spacial score (nSPS) is 10.2. The maximum Gasteiger partial charge on any atom is 0.250 e. The third-order valence-corrected chi connectivity index (χ3v) is 3.40. The Morgan fingerprint density at radius 1 is 1.05 bits per heavy atom. The molecular formula is C17H18N2O2. The molecule has 0 fully saturated rings. The van der Waals surface area contributed by atoms with Crippen molar-refractivity contribution in [2.24, 2.45) is 5.73 Å². The highest BCUT2D eigenvalue weighted by atomic mass is 16.2. The standard InChI is InChI=1S/C17H18N2O2/c1-11-7-8-13(9-12(11)2)10-16(20)19-15-6-4-3-5-14(15)17(18)21/h3-9H,10H2,1-2H3,(H2,18,21)(H,19,20). The fourth-order valence-electron chi connectivity index (χ4n) is 2.10. The average molecular weight is 282 g/mol. The van der Waals surface area contributed by atoms with Gasteiger partial charge in [0.2, 0.25) is 5.91 Å². The first kappa shape index (κ1) is 14.8. The molecule has 0 aliphatic heterocycles. The molecule has 21 heavy (non-hydrogen) atoms. The smallest absolute Gasteiger partial charge is 0.250 e. The van der Waals surface area contributed by atoms with Gasteiger partial charge in [-0.25, -0.2) is 0 Å². The Labute approximate surface area is 124 Å². The quantitative estimate of drug-likeness (QED) is 0.904. The van der Waals surface area contributed by atoms with Gasteiger partial charge in [0.15, 0.2) is 0 Å². The summed E-state index contributed by atoms with van der Waals surface area (Å²) in [4.78, 5) is 23.4. The molecule has 0 aromatic heterocycles. The SMILES string of the molecule is Cc1ccc(CC(=O)Nc2ccccc2C(N)=O)cc1C. The van der Waals surface area contributed by atoms with Crippen molar-refractivity contribution in [3.63, 3.8) is 0 Å². The fraction of sp³-hybridized carbons (Fsp3) is 0.176. The third kappa shape index (κ3) is 3.69. The van der Waals surface area contributed by atoms with Crippen LogP contribution in [0.15, 0.2) is 42.5 Å².